The molecule has 4 nitrogen and oxygen atoms in total. The van der Waals surface area contributed by atoms with Gasteiger partial charge >= 0.3 is 0 Å². The van der Waals surface area contributed by atoms with Gasteiger partial charge in [0, 0.05) is 30.6 Å². The quantitative estimate of drug-likeness (QED) is 0.779. The van der Waals surface area contributed by atoms with Gasteiger partial charge in [-0.25, -0.2) is 0 Å². The number of carbonyl (C=O) groups excluding carboxylic acids is 1. The molecule has 0 amide bonds. The Morgan fingerprint density at radius 3 is 2.55 bits per heavy atom. The molecule has 1 atom stereocenters. The van der Waals surface area contributed by atoms with Crippen LogP contribution in [0.5, 0.6) is 11.5 Å². The van der Waals surface area contributed by atoms with Crippen LogP contribution in [0.1, 0.15) is 30.1 Å². The first kappa shape index (κ1) is 13.4. The molecule has 2 aliphatic rings. The molecule has 0 N–H and O–H groups in total. The first-order valence-corrected chi connectivity index (χ1v) is 7.25. The Morgan fingerprint density at radius 1 is 1.10 bits per heavy atom. The molecule has 2 aliphatic heterocycles. The molecule has 3 rings (SSSR count). The van der Waals surface area contributed by atoms with Crippen molar-refractivity contribution in [1.82, 2.24) is 0 Å². The predicted molar refractivity (Wildman–Crippen MR) is 74.5 cm³/mol. The Bertz CT molecular complexity index is 491. The van der Waals surface area contributed by atoms with Gasteiger partial charge in [-0.3, -0.25) is 4.79 Å². The summed E-state index contributed by atoms with van der Waals surface area (Å²) in [7, 11) is 0. The predicted octanol–water partition coefficient (Wildman–Crippen LogP) is 2.70. The number of fused-ring (bicyclic) bond motifs is 1. The Labute approximate surface area is 119 Å². The second-order valence-corrected chi connectivity index (χ2v) is 5.64. The first-order valence-electron chi connectivity index (χ1n) is 7.25. The van der Waals surface area contributed by atoms with Crippen LogP contribution in [-0.2, 0) is 4.74 Å². The minimum atomic E-state index is 0.0763. The van der Waals surface area contributed by atoms with Crippen LogP contribution < -0.4 is 9.47 Å². The standard InChI is InChI=1S/C16H20O4/c1-11-9-19-14-3-2-13(8-15(14)20-10-11)16(17)12-4-6-18-7-5-12/h2-3,8,11-12H,4-7,9-10H2,1H3. The third-order valence-corrected chi connectivity index (χ3v) is 3.87. The van der Waals surface area contributed by atoms with Crippen LogP contribution in [0.25, 0.3) is 0 Å². The lowest BCUT2D eigenvalue weighted by atomic mass is 9.91. The molecule has 1 fully saturated rings. The lowest BCUT2D eigenvalue weighted by Crippen LogP contribution is -2.23. The molecule has 2 heterocycles. The van der Waals surface area contributed by atoms with E-state index in [2.05, 4.69) is 6.92 Å². The van der Waals surface area contributed by atoms with E-state index >= 15 is 0 Å². The second kappa shape index (κ2) is 5.83. The zero-order valence-electron chi connectivity index (χ0n) is 11.8. The second-order valence-electron chi connectivity index (χ2n) is 5.64. The minimum Gasteiger partial charge on any atom is -0.489 e. The average molecular weight is 276 g/mol. The smallest absolute Gasteiger partial charge is 0.166 e. The summed E-state index contributed by atoms with van der Waals surface area (Å²) < 4.78 is 16.7. The lowest BCUT2D eigenvalue weighted by molar-refractivity contribution is 0.0544. The topological polar surface area (TPSA) is 44.8 Å². The van der Waals surface area contributed by atoms with Gasteiger partial charge in [0.1, 0.15) is 0 Å². The highest BCUT2D eigenvalue weighted by molar-refractivity contribution is 5.98. The summed E-state index contributed by atoms with van der Waals surface area (Å²) in [4.78, 5) is 12.5. The highest BCUT2D eigenvalue weighted by Gasteiger charge is 2.24. The van der Waals surface area contributed by atoms with Gasteiger partial charge in [-0.15, -0.1) is 0 Å². The van der Waals surface area contributed by atoms with Crippen molar-refractivity contribution in [3.8, 4) is 11.5 Å². The van der Waals surface area contributed by atoms with Crippen LogP contribution in [-0.4, -0.2) is 32.2 Å². The van der Waals surface area contributed by atoms with E-state index in [0.717, 1.165) is 18.6 Å². The fraction of sp³-hybridized carbons (Fsp3) is 0.562. The Hall–Kier alpha value is -1.55. The summed E-state index contributed by atoms with van der Waals surface area (Å²) >= 11 is 0. The summed E-state index contributed by atoms with van der Waals surface area (Å²) in [5.41, 5.74) is 0.716. The number of hydrogen-bond acceptors (Lipinski definition) is 4. The zero-order valence-corrected chi connectivity index (χ0v) is 11.8. The molecule has 0 saturated carbocycles. The summed E-state index contributed by atoms with van der Waals surface area (Å²) in [5.74, 6) is 2.05. The molecular weight excluding hydrogens is 256 g/mol. The zero-order chi connectivity index (χ0) is 13.9. The van der Waals surface area contributed by atoms with Crippen LogP contribution in [0, 0.1) is 11.8 Å². The number of benzene rings is 1. The molecule has 1 aromatic rings. The van der Waals surface area contributed by atoms with Gasteiger partial charge in [-0.05, 0) is 31.0 Å². The molecule has 20 heavy (non-hydrogen) atoms. The van der Waals surface area contributed by atoms with Gasteiger partial charge in [0.25, 0.3) is 0 Å². The number of ketones is 1. The first-order chi connectivity index (χ1) is 9.74. The highest BCUT2D eigenvalue weighted by Crippen LogP contribution is 2.32. The van der Waals surface area contributed by atoms with Crippen molar-refractivity contribution in [2.75, 3.05) is 26.4 Å². The SMILES string of the molecule is CC1COc2ccc(C(=O)C3CCOCC3)cc2OC1. The van der Waals surface area contributed by atoms with Gasteiger partial charge < -0.3 is 14.2 Å². The van der Waals surface area contributed by atoms with Gasteiger partial charge in [0.2, 0.25) is 0 Å². The van der Waals surface area contributed by atoms with Crippen molar-refractivity contribution < 1.29 is 19.0 Å². The van der Waals surface area contributed by atoms with E-state index in [9.17, 15) is 4.79 Å². The Kier molecular flexibility index (Phi) is 3.92. The summed E-state index contributed by atoms with van der Waals surface area (Å²) in [6.45, 7) is 4.72. The van der Waals surface area contributed by atoms with Crippen molar-refractivity contribution in [2.45, 2.75) is 19.8 Å². The molecule has 0 radical (unpaired) electrons. The highest BCUT2D eigenvalue weighted by atomic mass is 16.5. The molecule has 0 aromatic heterocycles. The molecule has 0 aliphatic carbocycles. The van der Waals surface area contributed by atoms with Crippen molar-refractivity contribution in [1.29, 1.82) is 0 Å². The van der Waals surface area contributed by atoms with Gasteiger partial charge in [0.15, 0.2) is 17.3 Å². The van der Waals surface area contributed by atoms with Crippen molar-refractivity contribution in [2.24, 2.45) is 11.8 Å². The maximum absolute atomic E-state index is 12.5. The Morgan fingerprint density at radius 2 is 1.80 bits per heavy atom. The number of rotatable bonds is 2. The van der Waals surface area contributed by atoms with E-state index in [0.29, 0.717) is 43.7 Å². The maximum Gasteiger partial charge on any atom is 0.166 e. The van der Waals surface area contributed by atoms with Crippen LogP contribution in [0.2, 0.25) is 0 Å². The van der Waals surface area contributed by atoms with Gasteiger partial charge in [-0.2, -0.15) is 0 Å². The molecule has 1 unspecified atom stereocenters. The van der Waals surface area contributed by atoms with Crippen molar-refractivity contribution >= 4 is 5.78 Å². The molecule has 1 aromatic carbocycles. The fourth-order valence-electron chi connectivity index (χ4n) is 2.60. The van der Waals surface area contributed by atoms with Crippen molar-refractivity contribution in [3.05, 3.63) is 23.8 Å². The van der Waals surface area contributed by atoms with Crippen LogP contribution in [0.3, 0.4) is 0 Å². The third-order valence-electron chi connectivity index (χ3n) is 3.87. The Balaban J connectivity index is 1.79. The van der Waals surface area contributed by atoms with E-state index < -0.39 is 0 Å². The number of ether oxygens (including phenoxy) is 3. The third kappa shape index (κ3) is 2.80. The maximum atomic E-state index is 12.5. The monoisotopic (exact) mass is 276 g/mol. The van der Waals surface area contributed by atoms with Gasteiger partial charge in [-0.1, -0.05) is 6.92 Å². The van der Waals surface area contributed by atoms with Crippen LogP contribution >= 0.6 is 0 Å². The molecule has 4 heteroatoms. The summed E-state index contributed by atoms with van der Waals surface area (Å²) in [6, 6.07) is 5.51. The minimum absolute atomic E-state index is 0.0763. The van der Waals surface area contributed by atoms with Gasteiger partial charge in [0.05, 0.1) is 13.2 Å². The number of carbonyl (C=O) groups is 1. The number of hydrogen-bond donors (Lipinski definition) is 0. The molecule has 0 spiro atoms. The van der Waals surface area contributed by atoms with Crippen LogP contribution in [0.4, 0.5) is 0 Å². The average Bonchev–Trinajstić information content (AvgIpc) is 2.69. The largest absolute Gasteiger partial charge is 0.489 e. The molecule has 1 saturated heterocycles. The van der Waals surface area contributed by atoms with E-state index in [1.807, 2.05) is 18.2 Å². The van der Waals surface area contributed by atoms with E-state index in [1.54, 1.807) is 0 Å². The number of Topliss-reactive ketones (excluding diaryl/α,β-unsaturated/α-hetero) is 1. The van der Waals surface area contributed by atoms with E-state index in [1.165, 1.54) is 0 Å². The molecule has 108 valence electrons. The van der Waals surface area contributed by atoms with E-state index in [4.69, 9.17) is 14.2 Å². The molecule has 0 bridgehead atoms. The van der Waals surface area contributed by atoms with E-state index in [-0.39, 0.29) is 11.7 Å². The summed E-state index contributed by atoms with van der Waals surface area (Å²) in [6.07, 6.45) is 1.62. The molecular formula is C16H20O4. The van der Waals surface area contributed by atoms with Crippen molar-refractivity contribution in [3.63, 3.8) is 0 Å². The normalized spacial score (nSPS) is 23.1. The summed E-state index contributed by atoms with van der Waals surface area (Å²) in [5, 5.41) is 0. The lowest BCUT2D eigenvalue weighted by Gasteiger charge is -2.21. The van der Waals surface area contributed by atoms with Crippen LogP contribution in [0.15, 0.2) is 18.2 Å². The fourth-order valence-corrected chi connectivity index (χ4v) is 2.60.